The largest absolute Gasteiger partial charge is 0.372 e. The number of nitrogens with zero attached hydrogens (tertiary/aromatic N) is 3. The van der Waals surface area contributed by atoms with Crippen LogP contribution in [0.5, 0.6) is 0 Å². The number of carbonyl (C=O) groups excluding carboxylic acids is 1. The number of H-pyrrole nitrogens is 1. The minimum absolute atomic E-state index is 0.335. The number of primary amides is 1. The first-order chi connectivity index (χ1) is 13.5. The van der Waals surface area contributed by atoms with Gasteiger partial charge in [0.2, 0.25) is 0 Å². The zero-order chi connectivity index (χ0) is 19.8. The Hall–Kier alpha value is -2.99. The van der Waals surface area contributed by atoms with Crippen LogP contribution in [0.3, 0.4) is 0 Å². The summed E-state index contributed by atoms with van der Waals surface area (Å²) in [5.74, 6) is -0.174. The highest BCUT2D eigenvalue weighted by atomic mass is 35.5. The maximum absolute atomic E-state index is 12.2. The first-order valence-corrected chi connectivity index (χ1v) is 9.58. The fraction of sp³-hybridized carbons (Fsp3) is 0.238. The molecule has 0 radical (unpaired) electrons. The number of imidazole rings is 1. The Bertz CT molecular complexity index is 1050. The number of carbonyl (C=O) groups is 1. The van der Waals surface area contributed by atoms with Gasteiger partial charge in [-0.15, -0.1) is 0 Å². The number of aromatic nitrogens is 3. The van der Waals surface area contributed by atoms with Crippen molar-refractivity contribution in [1.82, 2.24) is 19.5 Å². The Kier molecular flexibility index (Phi) is 4.73. The zero-order valence-electron chi connectivity index (χ0n) is 15.5. The number of aromatic amines is 1. The van der Waals surface area contributed by atoms with Gasteiger partial charge in [0.25, 0.3) is 5.91 Å². The summed E-state index contributed by atoms with van der Waals surface area (Å²) in [6, 6.07) is 7.29. The van der Waals surface area contributed by atoms with E-state index in [1.807, 2.05) is 22.8 Å². The molecule has 0 unspecified atom stereocenters. The number of likely N-dealkylation sites (tertiary alicyclic amines) is 1. The van der Waals surface area contributed by atoms with Crippen LogP contribution in [0.1, 0.15) is 34.8 Å². The van der Waals surface area contributed by atoms with Gasteiger partial charge in [-0.2, -0.15) is 0 Å². The monoisotopic (exact) mass is 395 g/mol. The normalized spacial score (nSPS) is 15.1. The second-order valence-electron chi connectivity index (χ2n) is 7.03. The number of rotatable bonds is 5. The van der Waals surface area contributed by atoms with Crippen LogP contribution in [0.2, 0.25) is 5.02 Å². The van der Waals surface area contributed by atoms with Crippen LogP contribution < -0.4 is 5.73 Å². The molecule has 3 N–H and O–H groups in total. The van der Waals surface area contributed by atoms with Crippen LogP contribution in [0.4, 0.5) is 0 Å². The lowest BCUT2D eigenvalue weighted by Crippen LogP contribution is -2.31. The van der Waals surface area contributed by atoms with Crippen molar-refractivity contribution in [1.29, 1.82) is 0 Å². The second kappa shape index (κ2) is 7.20. The third-order valence-electron chi connectivity index (χ3n) is 5.42. The molecular formula is C21H22ClN5O. The van der Waals surface area contributed by atoms with Gasteiger partial charge in [0, 0.05) is 35.3 Å². The van der Waals surface area contributed by atoms with Crippen molar-refractivity contribution in [2.24, 2.45) is 5.73 Å². The molecule has 3 heterocycles. The molecular weight excluding hydrogens is 374 g/mol. The molecule has 7 heteroatoms. The molecule has 1 fully saturated rings. The lowest BCUT2D eigenvalue weighted by atomic mass is 9.94. The maximum atomic E-state index is 12.2. The fourth-order valence-electron chi connectivity index (χ4n) is 3.88. The molecule has 1 amide bonds. The molecule has 1 aliphatic heterocycles. The van der Waals surface area contributed by atoms with E-state index in [-0.39, 0.29) is 0 Å². The van der Waals surface area contributed by atoms with Crippen molar-refractivity contribution in [3.05, 3.63) is 71.7 Å². The van der Waals surface area contributed by atoms with E-state index in [0.717, 1.165) is 42.9 Å². The van der Waals surface area contributed by atoms with Gasteiger partial charge in [-0.3, -0.25) is 9.89 Å². The summed E-state index contributed by atoms with van der Waals surface area (Å²) in [6.45, 7) is 9.65. The third-order valence-corrected chi connectivity index (χ3v) is 5.67. The van der Waals surface area contributed by atoms with Crippen LogP contribution in [0.15, 0.2) is 55.4 Å². The minimum atomic E-state index is -0.509. The number of nitrogens with one attached hydrogen (secondary N) is 1. The predicted molar refractivity (Wildman–Crippen MR) is 111 cm³/mol. The van der Waals surface area contributed by atoms with Crippen molar-refractivity contribution in [3.8, 4) is 11.3 Å². The van der Waals surface area contributed by atoms with Gasteiger partial charge in [0.15, 0.2) is 5.65 Å². The number of allylic oxidation sites excluding steroid dienone is 1. The first kappa shape index (κ1) is 18.4. The van der Waals surface area contributed by atoms with Gasteiger partial charge >= 0.3 is 0 Å². The number of amides is 1. The first-order valence-electron chi connectivity index (χ1n) is 9.21. The Balaban J connectivity index is 1.71. The summed E-state index contributed by atoms with van der Waals surface area (Å²) in [5.41, 5.74) is 10.1. The summed E-state index contributed by atoms with van der Waals surface area (Å²) >= 11 is 5.99. The average molecular weight is 396 g/mol. The summed E-state index contributed by atoms with van der Waals surface area (Å²) < 4.78 is 1.90. The van der Waals surface area contributed by atoms with Gasteiger partial charge in [-0.25, -0.2) is 9.50 Å². The van der Waals surface area contributed by atoms with E-state index in [4.69, 9.17) is 17.3 Å². The van der Waals surface area contributed by atoms with Gasteiger partial charge < -0.3 is 10.6 Å². The maximum Gasteiger partial charge on any atom is 0.254 e. The number of fused-ring (bicyclic) bond motifs is 1. The molecule has 2 aromatic heterocycles. The SMILES string of the molecule is C=CC(=C)N1CCC(c2cnc3c(C(N)=O)c(-c4ccc(Cl)cc4)[nH]n23)CC1. The van der Waals surface area contributed by atoms with Crippen molar-refractivity contribution in [2.45, 2.75) is 18.8 Å². The van der Waals surface area contributed by atoms with Crippen LogP contribution in [0.25, 0.3) is 16.9 Å². The Morgan fingerprint density at radius 1 is 1.29 bits per heavy atom. The molecule has 1 aliphatic rings. The summed E-state index contributed by atoms with van der Waals surface area (Å²) in [5, 5.41) is 3.97. The number of benzene rings is 1. The van der Waals surface area contributed by atoms with Gasteiger partial charge in [-0.1, -0.05) is 36.9 Å². The number of hydrogen-bond donors (Lipinski definition) is 2. The summed E-state index contributed by atoms with van der Waals surface area (Å²) in [7, 11) is 0. The van der Waals surface area contributed by atoms with Gasteiger partial charge in [0.1, 0.15) is 5.56 Å². The summed E-state index contributed by atoms with van der Waals surface area (Å²) in [6.07, 6.45) is 5.58. The highest BCUT2D eigenvalue weighted by Crippen LogP contribution is 2.33. The minimum Gasteiger partial charge on any atom is -0.372 e. The molecule has 1 aromatic carbocycles. The molecule has 0 spiro atoms. The quantitative estimate of drug-likeness (QED) is 0.641. The predicted octanol–water partition coefficient (Wildman–Crippen LogP) is 3.96. The molecule has 144 valence electrons. The van der Waals surface area contributed by atoms with Gasteiger partial charge in [-0.05, 0) is 31.1 Å². The number of hydrogen-bond acceptors (Lipinski definition) is 3. The molecule has 0 atom stereocenters. The fourth-order valence-corrected chi connectivity index (χ4v) is 4.00. The number of halogens is 1. The van der Waals surface area contributed by atoms with Gasteiger partial charge in [0.05, 0.1) is 17.6 Å². The second-order valence-corrected chi connectivity index (χ2v) is 7.47. The Morgan fingerprint density at radius 2 is 1.96 bits per heavy atom. The van der Waals surface area contributed by atoms with E-state index < -0.39 is 5.91 Å². The molecule has 1 saturated heterocycles. The standard InChI is InChI=1S/C21H22ClN5O/c1-3-13(2)26-10-8-14(9-11-26)17-12-24-21-18(20(23)28)19(25-27(17)21)15-4-6-16(22)7-5-15/h3-7,12,14,25H,1-2,8-11H2,(H2,23,28). The molecule has 0 aliphatic carbocycles. The molecule has 4 rings (SSSR count). The van der Waals surface area contributed by atoms with Crippen LogP contribution in [-0.2, 0) is 0 Å². The van der Waals surface area contributed by atoms with E-state index in [1.54, 1.807) is 18.2 Å². The smallest absolute Gasteiger partial charge is 0.254 e. The van der Waals surface area contributed by atoms with Crippen molar-refractivity contribution < 1.29 is 4.79 Å². The van der Waals surface area contributed by atoms with Crippen LogP contribution >= 0.6 is 11.6 Å². The zero-order valence-corrected chi connectivity index (χ0v) is 16.2. The highest BCUT2D eigenvalue weighted by Gasteiger charge is 2.27. The molecule has 28 heavy (non-hydrogen) atoms. The van der Waals surface area contributed by atoms with E-state index in [9.17, 15) is 4.79 Å². The van der Waals surface area contributed by atoms with Crippen molar-refractivity contribution in [2.75, 3.05) is 13.1 Å². The summed E-state index contributed by atoms with van der Waals surface area (Å²) in [4.78, 5) is 18.9. The lowest BCUT2D eigenvalue weighted by molar-refractivity contribution is 0.100. The van der Waals surface area contributed by atoms with Crippen molar-refractivity contribution >= 4 is 23.2 Å². The highest BCUT2D eigenvalue weighted by molar-refractivity contribution is 6.30. The Labute approximate surface area is 168 Å². The number of nitrogens with two attached hydrogens (primary N) is 1. The number of piperidine rings is 1. The van der Waals surface area contributed by atoms with E-state index >= 15 is 0 Å². The van der Waals surface area contributed by atoms with Crippen molar-refractivity contribution in [3.63, 3.8) is 0 Å². The Morgan fingerprint density at radius 3 is 2.57 bits per heavy atom. The molecule has 3 aromatic rings. The average Bonchev–Trinajstić information content (AvgIpc) is 3.27. The molecule has 0 bridgehead atoms. The topological polar surface area (TPSA) is 79.4 Å². The lowest BCUT2D eigenvalue weighted by Gasteiger charge is -2.33. The van der Waals surface area contributed by atoms with Crippen LogP contribution in [-0.4, -0.2) is 38.5 Å². The van der Waals surface area contributed by atoms with Crippen LogP contribution in [0, 0.1) is 0 Å². The van der Waals surface area contributed by atoms with E-state index in [1.165, 1.54) is 0 Å². The van der Waals surface area contributed by atoms with E-state index in [2.05, 4.69) is 28.1 Å². The molecule has 6 nitrogen and oxygen atoms in total. The third kappa shape index (κ3) is 3.10. The molecule has 0 saturated carbocycles. The van der Waals surface area contributed by atoms with E-state index in [0.29, 0.717) is 27.8 Å².